The van der Waals surface area contributed by atoms with Crippen LogP contribution in [0.3, 0.4) is 0 Å². The monoisotopic (exact) mass is 258 g/mol. The molecule has 3 N–H and O–H groups in total. The second-order valence-electron chi connectivity index (χ2n) is 4.53. The van der Waals surface area contributed by atoms with Gasteiger partial charge in [-0.2, -0.15) is 0 Å². The van der Waals surface area contributed by atoms with E-state index in [1.807, 2.05) is 6.92 Å². The van der Waals surface area contributed by atoms with E-state index in [1.54, 1.807) is 6.92 Å². The van der Waals surface area contributed by atoms with Crippen molar-refractivity contribution < 1.29 is 8.42 Å². The van der Waals surface area contributed by atoms with Gasteiger partial charge in [-0.15, -0.1) is 0 Å². The summed E-state index contributed by atoms with van der Waals surface area (Å²) in [6.07, 6.45) is 2.16. The molecule has 1 aliphatic heterocycles. The van der Waals surface area contributed by atoms with Crippen molar-refractivity contribution in [2.24, 2.45) is 5.92 Å². The van der Waals surface area contributed by atoms with Crippen LogP contribution in [0.1, 0.15) is 19.2 Å². The minimum absolute atomic E-state index is 0.00939. The van der Waals surface area contributed by atoms with Crippen LogP contribution in [-0.2, 0) is 10.0 Å². The van der Waals surface area contributed by atoms with Crippen molar-refractivity contribution in [3.8, 4) is 0 Å². The third kappa shape index (κ3) is 2.85. The van der Waals surface area contributed by atoms with Crippen LogP contribution in [0.25, 0.3) is 0 Å². The summed E-state index contributed by atoms with van der Waals surface area (Å²) >= 11 is 0. The maximum Gasteiger partial charge on any atom is 0.257 e. The number of rotatable bonds is 3. The largest absolute Gasteiger partial charge is 0.332 e. The van der Waals surface area contributed by atoms with E-state index < -0.39 is 10.0 Å². The summed E-state index contributed by atoms with van der Waals surface area (Å²) in [4.78, 5) is 6.65. The molecule has 0 bridgehead atoms. The van der Waals surface area contributed by atoms with Gasteiger partial charge in [0.05, 0.1) is 6.20 Å². The van der Waals surface area contributed by atoms with E-state index in [1.165, 1.54) is 6.20 Å². The first-order valence-electron chi connectivity index (χ1n) is 5.74. The highest BCUT2D eigenvalue weighted by atomic mass is 32.2. The molecule has 2 heterocycles. The second-order valence-corrected chi connectivity index (χ2v) is 6.21. The van der Waals surface area contributed by atoms with E-state index in [0.29, 0.717) is 11.7 Å². The van der Waals surface area contributed by atoms with Gasteiger partial charge < -0.3 is 10.3 Å². The van der Waals surface area contributed by atoms with Crippen LogP contribution in [0.2, 0.25) is 0 Å². The highest BCUT2D eigenvalue weighted by Crippen LogP contribution is 2.14. The maximum absolute atomic E-state index is 12.1. The van der Waals surface area contributed by atoms with Crippen LogP contribution < -0.4 is 10.0 Å². The Morgan fingerprint density at radius 3 is 2.88 bits per heavy atom. The number of H-pyrrole nitrogens is 1. The topological polar surface area (TPSA) is 86.9 Å². The van der Waals surface area contributed by atoms with Crippen LogP contribution >= 0.6 is 0 Å². The predicted molar refractivity (Wildman–Crippen MR) is 64.1 cm³/mol. The SMILES string of the molecule is Cc1ncc(S(=O)(=O)NC2CCNCC2C)[nH]1. The molecule has 2 atom stereocenters. The average molecular weight is 258 g/mol. The molecule has 1 saturated heterocycles. The maximum atomic E-state index is 12.1. The molecule has 1 aromatic rings. The summed E-state index contributed by atoms with van der Waals surface area (Å²) in [6.45, 7) is 5.46. The number of aromatic nitrogens is 2. The molecule has 0 amide bonds. The second kappa shape index (κ2) is 4.75. The number of nitrogens with zero attached hydrogens (tertiary/aromatic N) is 1. The van der Waals surface area contributed by atoms with Crippen molar-refractivity contribution >= 4 is 10.0 Å². The summed E-state index contributed by atoms with van der Waals surface area (Å²) in [7, 11) is -3.47. The van der Waals surface area contributed by atoms with Crippen LogP contribution in [0, 0.1) is 12.8 Å². The van der Waals surface area contributed by atoms with Crippen molar-refractivity contribution in [1.29, 1.82) is 0 Å². The van der Waals surface area contributed by atoms with Crippen molar-refractivity contribution in [3.05, 3.63) is 12.0 Å². The van der Waals surface area contributed by atoms with E-state index >= 15 is 0 Å². The Morgan fingerprint density at radius 2 is 2.29 bits per heavy atom. The standard InChI is InChI=1S/C10H18N4O2S/c1-7-5-11-4-3-9(7)14-17(15,16)10-6-12-8(2)13-10/h6-7,9,11,14H,3-5H2,1-2H3,(H,12,13). The van der Waals surface area contributed by atoms with Gasteiger partial charge in [-0.25, -0.2) is 18.1 Å². The molecule has 1 aromatic heterocycles. The lowest BCUT2D eigenvalue weighted by Gasteiger charge is -2.29. The van der Waals surface area contributed by atoms with Crippen molar-refractivity contribution in [3.63, 3.8) is 0 Å². The Kier molecular flexibility index (Phi) is 3.50. The van der Waals surface area contributed by atoms with Crippen LogP contribution in [-0.4, -0.2) is 37.5 Å². The first kappa shape index (κ1) is 12.5. The van der Waals surface area contributed by atoms with Crippen LogP contribution in [0.15, 0.2) is 11.2 Å². The number of piperidine rings is 1. The molecule has 17 heavy (non-hydrogen) atoms. The molecule has 1 fully saturated rings. The number of imidazole rings is 1. The van der Waals surface area contributed by atoms with E-state index in [4.69, 9.17) is 0 Å². The molecule has 2 rings (SSSR count). The molecule has 0 aliphatic carbocycles. The minimum atomic E-state index is -3.47. The summed E-state index contributed by atoms with van der Waals surface area (Å²) in [6, 6.07) is -0.00939. The van der Waals surface area contributed by atoms with Gasteiger partial charge in [0.2, 0.25) is 0 Å². The van der Waals surface area contributed by atoms with Gasteiger partial charge in [0.1, 0.15) is 5.82 Å². The number of hydrogen-bond donors (Lipinski definition) is 3. The van der Waals surface area contributed by atoms with Crippen LogP contribution in [0.5, 0.6) is 0 Å². The van der Waals surface area contributed by atoms with Gasteiger partial charge in [-0.05, 0) is 32.4 Å². The van der Waals surface area contributed by atoms with Gasteiger partial charge in [0.25, 0.3) is 10.0 Å². The number of nitrogens with one attached hydrogen (secondary N) is 3. The Hall–Kier alpha value is -0.920. The van der Waals surface area contributed by atoms with E-state index in [0.717, 1.165) is 19.5 Å². The molecule has 0 radical (unpaired) electrons. The predicted octanol–water partition coefficient (Wildman–Crippen LogP) is -0.00558. The lowest BCUT2D eigenvalue weighted by Crippen LogP contribution is -2.48. The molecule has 0 saturated carbocycles. The number of sulfonamides is 1. The van der Waals surface area contributed by atoms with E-state index in [-0.39, 0.29) is 11.1 Å². The fourth-order valence-corrected chi connectivity index (χ4v) is 3.34. The lowest BCUT2D eigenvalue weighted by molar-refractivity contribution is 0.328. The first-order valence-corrected chi connectivity index (χ1v) is 7.22. The molecule has 96 valence electrons. The Labute approximate surface area is 101 Å². The fourth-order valence-electron chi connectivity index (χ4n) is 1.99. The van der Waals surface area contributed by atoms with E-state index in [2.05, 4.69) is 20.0 Å². The molecule has 6 nitrogen and oxygen atoms in total. The summed E-state index contributed by atoms with van der Waals surface area (Å²) in [5.74, 6) is 0.895. The third-order valence-corrected chi connectivity index (χ3v) is 4.46. The smallest absolute Gasteiger partial charge is 0.257 e. The number of aryl methyl sites for hydroxylation is 1. The minimum Gasteiger partial charge on any atom is -0.332 e. The quantitative estimate of drug-likeness (QED) is 0.712. The van der Waals surface area contributed by atoms with Gasteiger partial charge >= 0.3 is 0 Å². The molecule has 0 spiro atoms. The number of hydrogen-bond acceptors (Lipinski definition) is 4. The Bertz CT molecular complexity index is 482. The normalized spacial score (nSPS) is 26.0. The zero-order valence-corrected chi connectivity index (χ0v) is 10.8. The summed E-state index contributed by atoms with van der Waals surface area (Å²) in [5, 5.41) is 3.38. The molecular formula is C10H18N4O2S. The van der Waals surface area contributed by atoms with Gasteiger partial charge in [0, 0.05) is 6.04 Å². The number of aromatic amines is 1. The average Bonchev–Trinajstić information content (AvgIpc) is 2.69. The van der Waals surface area contributed by atoms with E-state index in [9.17, 15) is 8.42 Å². The summed E-state index contributed by atoms with van der Waals surface area (Å²) < 4.78 is 26.8. The first-order chi connectivity index (χ1) is 7.99. The Balaban J connectivity index is 2.11. The van der Waals surface area contributed by atoms with Crippen molar-refractivity contribution in [1.82, 2.24) is 20.0 Å². The van der Waals surface area contributed by atoms with Crippen LogP contribution in [0.4, 0.5) is 0 Å². The molecule has 7 heteroatoms. The fraction of sp³-hybridized carbons (Fsp3) is 0.700. The highest BCUT2D eigenvalue weighted by Gasteiger charge is 2.27. The zero-order valence-electron chi connectivity index (χ0n) is 10.0. The molecular weight excluding hydrogens is 240 g/mol. The lowest BCUT2D eigenvalue weighted by atomic mass is 9.97. The molecule has 1 aliphatic rings. The Morgan fingerprint density at radius 1 is 1.53 bits per heavy atom. The molecule has 0 aromatic carbocycles. The highest BCUT2D eigenvalue weighted by molar-refractivity contribution is 7.89. The van der Waals surface area contributed by atoms with Gasteiger partial charge in [-0.1, -0.05) is 6.92 Å². The third-order valence-electron chi connectivity index (χ3n) is 3.06. The van der Waals surface area contributed by atoms with Crippen molar-refractivity contribution in [2.75, 3.05) is 13.1 Å². The van der Waals surface area contributed by atoms with Gasteiger partial charge in [-0.3, -0.25) is 0 Å². The van der Waals surface area contributed by atoms with Gasteiger partial charge in [0.15, 0.2) is 5.03 Å². The zero-order chi connectivity index (χ0) is 12.5. The van der Waals surface area contributed by atoms with Crippen molar-refractivity contribution in [2.45, 2.75) is 31.3 Å². The molecule has 2 unspecified atom stereocenters. The summed E-state index contributed by atoms with van der Waals surface area (Å²) in [5.41, 5.74) is 0.